The molecule has 156 valence electrons. The lowest BCUT2D eigenvalue weighted by atomic mass is 9.96. The monoisotopic (exact) mass is 394 g/mol. The molecule has 0 spiro atoms. The molecule has 3 amide bonds. The first kappa shape index (κ1) is 19.6. The van der Waals surface area contributed by atoms with E-state index in [0.29, 0.717) is 71.5 Å². The van der Waals surface area contributed by atoms with Gasteiger partial charge in [-0.15, -0.1) is 0 Å². The molecule has 4 heterocycles. The van der Waals surface area contributed by atoms with Crippen molar-refractivity contribution in [3.8, 4) is 0 Å². The van der Waals surface area contributed by atoms with E-state index < -0.39 is 18.2 Å². The van der Waals surface area contributed by atoms with E-state index in [1.165, 1.54) is 0 Å². The number of aliphatic hydroxyl groups is 1. The van der Waals surface area contributed by atoms with Crippen LogP contribution in [0.15, 0.2) is 0 Å². The lowest BCUT2D eigenvalue weighted by Crippen LogP contribution is -2.62. The summed E-state index contributed by atoms with van der Waals surface area (Å²) < 4.78 is 5.28. The van der Waals surface area contributed by atoms with Crippen LogP contribution < -0.4 is 5.73 Å². The van der Waals surface area contributed by atoms with Gasteiger partial charge in [0.1, 0.15) is 6.04 Å². The summed E-state index contributed by atoms with van der Waals surface area (Å²) >= 11 is 0. The van der Waals surface area contributed by atoms with Crippen molar-refractivity contribution in [3.05, 3.63) is 0 Å². The fourth-order valence-corrected chi connectivity index (χ4v) is 4.88. The molecule has 4 aliphatic heterocycles. The second-order valence-corrected chi connectivity index (χ2v) is 8.44. The van der Waals surface area contributed by atoms with Crippen LogP contribution in [0.4, 0.5) is 0 Å². The van der Waals surface area contributed by atoms with E-state index in [-0.39, 0.29) is 29.7 Å². The molecule has 0 saturated carbocycles. The summed E-state index contributed by atoms with van der Waals surface area (Å²) in [6.07, 6.45) is 2.26. The predicted molar refractivity (Wildman–Crippen MR) is 99.0 cm³/mol. The summed E-state index contributed by atoms with van der Waals surface area (Å²) in [4.78, 5) is 43.5. The van der Waals surface area contributed by atoms with E-state index in [1.807, 2.05) is 4.90 Å². The number of amides is 3. The minimum Gasteiger partial charge on any atom is -0.393 e. The lowest BCUT2D eigenvalue weighted by molar-refractivity contribution is -0.157. The van der Waals surface area contributed by atoms with Crippen molar-refractivity contribution in [2.24, 2.45) is 11.7 Å². The van der Waals surface area contributed by atoms with Gasteiger partial charge in [-0.3, -0.25) is 14.4 Å². The summed E-state index contributed by atoms with van der Waals surface area (Å²) in [6.45, 7) is 3.16. The van der Waals surface area contributed by atoms with Crippen LogP contribution in [0.5, 0.6) is 0 Å². The van der Waals surface area contributed by atoms with Crippen LogP contribution in [0.3, 0.4) is 0 Å². The number of carbonyl (C=O) groups is 3. The second-order valence-electron chi connectivity index (χ2n) is 8.44. The third kappa shape index (κ3) is 3.62. The van der Waals surface area contributed by atoms with E-state index in [1.54, 1.807) is 9.80 Å². The molecule has 0 unspecified atom stereocenters. The first-order valence-electron chi connectivity index (χ1n) is 10.4. The van der Waals surface area contributed by atoms with Crippen LogP contribution in [-0.4, -0.2) is 101 Å². The minimum atomic E-state index is -0.669. The Bertz CT molecular complexity index is 632. The van der Waals surface area contributed by atoms with Gasteiger partial charge in [-0.25, -0.2) is 0 Å². The summed E-state index contributed by atoms with van der Waals surface area (Å²) in [5.41, 5.74) is 6.01. The van der Waals surface area contributed by atoms with Crippen LogP contribution in [0.2, 0.25) is 0 Å². The number of ether oxygens (including phenoxy) is 1. The molecule has 0 aromatic heterocycles. The number of hydrogen-bond donors (Lipinski definition) is 2. The number of nitrogens with zero attached hydrogens (tertiary/aromatic N) is 3. The molecule has 0 aliphatic carbocycles. The van der Waals surface area contributed by atoms with Crippen LogP contribution in [0.25, 0.3) is 0 Å². The number of hydrogen-bond acceptors (Lipinski definition) is 6. The largest absolute Gasteiger partial charge is 0.393 e. The zero-order valence-electron chi connectivity index (χ0n) is 16.2. The van der Waals surface area contributed by atoms with Gasteiger partial charge in [0.25, 0.3) is 0 Å². The number of rotatable bonds is 2. The third-order valence-electron chi connectivity index (χ3n) is 6.58. The maximum absolute atomic E-state index is 13.0. The van der Waals surface area contributed by atoms with Crippen LogP contribution in [-0.2, 0) is 19.1 Å². The van der Waals surface area contributed by atoms with Crippen LogP contribution in [0, 0.1) is 5.92 Å². The van der Waals surface area contributed by atoms with Crippen molar-refractivity contribution < 1.29 is 24.2 Å². The highest BCUT2D eigenvalue weighted by Crippen LogP contribution is 2.33. The topological polar surface area (TPSA) is 116 Å². The van der Waals surface area contributed by atoms with Crippen LogP contribution >= 0.6 is 0 Å². The van der Waals surface area contributed by atoms with Gasteiger partial charge in [0, 0.05) is 32.2 Å². The maximum atomic E-state index is 13.0. The molecule has 3 N–H and O–H groups in total. The van der Waals surface area contributed by atoms with Gasteiger partial charge in [0.15, 0.2) is 0 Å². The van der Waals surface area contributed by atoms with Crippen molar-refractivity contribution >= 4 is 17.7 Å². The maximum Gasteiger partial charge on any atom is 0.245 e. The van der Waals surface area contributed by atoms with Crippen molar-refractivity contribution in [1.29, 1.82) is 0 Å². The number of nitrogens with two attached hydrogens (primary N) is 1. The number of morpholine rings is 1. The van der Waals surface area contributed by atoms with Crippen LogP contribution in [0.1, 0.15) is 32.1 Å². The number of carbonyl (C=O) groups excluding carboxylic acids is 3. The Labute approximate surface area is 164 Å². The number of likely N-dealkylation sites (tertiary alicyclic amines) is 1. The number of fused-ring (bicyclic) bond motifs is 1. The highest BCUT2D eigenvalue weighted by atomic mass is 16.5. The molecule has 9 nitrogen and oxygen atoms in total. The van der Waals surface area contributed by atoms with Gasteiger partial charge < -0.3 is 30.3 Å². The average molecular weight is 394 g/mol. The van der Waals surface area contributed by atoms with Crippen molar-refractivity contribution in [1.82, 2.24) is 14.7 Å². The molecule has 0 radical (unpaired) electrons. The smallest absolute Gasteiger partial charge is 0.245 e. The average Bonchev–Trinajstić information content (AvgIpc) is 3.07. The highest BCUT2D eigenvalue weighted by molar-refractivity contribution is 5.92. The second kappa shape index (κ2) is 7.96. The Hall–Kier alpha value is -1.71. The Morgan fingerprint density at radius 2 is 1.71 bits per heavy atom. The summed E-state index contributed by atoms with van der Waals surface area (Å²) in [5, 5.41) is 10.1. The van der Waals surface area contributed by atoms with Gasteiger partial charge in [-0.1, -0.05) is 0 Å². The number of aliphatic hydroxyl groups excluding tert-OH is 1. The summed E-state index contributed by atoms with van der Waals surface area (Å²) in [7, 11) is 0. The normalized spacial score (nSPS) is 34.5. The molecule has 0 aromatic rings. The molecule has 4 aliphatic rings. The van der Waals surface area contributed by atoms with Gasteiger partial charge in [0.05, 0.1) is 31.3 Å². The van der Waals surface area contributed by atoms with E-state index >= 15 is 0 Å². The molecule has 0 aromatic carbocycles. The third-order valence-corrected chi connectivity index (χ3v) is 6.58. The SMILES string of the molecule is N[C@H]1CC[C@@H](O)C[C@H]2CC[C@@H](C(=O)N3CC(C(=O)N4CCOCC4)C3)N2C1=O. The first-order chi connectivity index (χ1) is 13.5. The summed E-state index contributed by atoms with van der Waals surface area (Å²) in [6, 6.07) is -1.32. The van der Waals surface area contributed by atoms with Gasteiger partial charge in [-0.2, -0.15) is 0 Å². The molecule has 4 rings (SSSR count). The molecule has 4 saturated heterocycles. The Morgan fingerprint density at radius 3 is 2.43 bits per heavy atom. The Kier molecular flexibility index (Phi) is 5.57. The van der Waals surface area contributed by atoms with E-state index in [9.17, 15) is 19.5 Å². The standard InChI is InChI=1S/C19H30N4O5/c20-15-3-2-14(24)9-13-1-4-16(23(13)18(15)26)19(27)22-10-12(11-22)17(25)21-5-7-28-8-6-21/h12-16,24H,1-11,20H2/t13-,14-,15+,16+/m1/s1. The van der Waals surface area contributed by atoms with Crippen molar-refractivity contribution in [2.45, 2.75) is 56.3 Å². The minimum absolute atomic E-state index is 0.0872. The zero-order chi connectivity index (χ0) is 19.8. The quantitative estimate of drug-likeness (QED) is 0.591. The first-order valence-corrected chi connectivity index (χ1v) is 10.4. The van der Waals surface area contributed by atoms with Gasteiger partial charge >= 0.3 is 0 Å². The molecule has 9 heteroatoms. The molecule has 4 fully saturated rings. The molecular formula is C19H30N4O5. The Morgan fingerprint density at radius 1 is 1.00 bits per heavy atom. The summed E-state index contributed by atoms with van der Waals surface area (Å²) in [5.74, 6) is -0.353. The van der Waals surface area contributed by atoms with E-state index in [4.69, 9.17) is 10.5 Å². The predicted octanol–water partition coefficient (Wildman–Crippen LogP) is -1.46. The Balaban J connectivity index is 1.37. The van der Waals surface area contributed by atoms with Gasteiger partial charge in [-0.05, 0) is 32.1 Å². The molecule has 28 heavy (non-hydrogen) atoms. The fourth-order valence-electron chi connectivity index (χ4n) is 4.88. The molecular weight excluding hydrogens is 364 g/mol. The molecule has 0 bridgehead atoms. The van der Waals surface area contributed by atoms with E-state index in [2.05, 4.69) is 0 Å². The van der Waals surface area contributed by atoms with E-state index in [0.717, 1.165) is 0 Å². The molecule has 4 atom stereocenters. The highest BCUT2D eigenvalue weighted by Gasteiger charge is 2.48. The fraction of sp³-hybridized carbons (Fsp3) is 0.842. The van der Waals surface area contributed by atoms with Crippen molar-refractivity contribution in [3.63, 3.8) is 0 Å². The van der Waals surface area contributed by atoms with Gasteiger partial charge in [0.2, 0.25) is 17.7 Å². The lowest BCUT2D eigenvalue weighted by Gasteiger charge is -2.44. The zero-order valence-corrected chi connectivity index (χ0v) is 16.2. The van der Waals surface area contributed by atoms with Crippen molar-refractivity contribution in [2.75, 3.05) is 39.4 Å².